The second kappa shape index (κ2) is 6.54. The third-order valence-corrected chi connectivity index (χ3v) is 2.72. The monoisotopic (exact) mass is 336 g/mol. The maximum absolute atomic E-state index is 11.7. The summed E-state index contributed by atoms with van der Waals surface area (Å²) in [6.07, 6.45) is -4.81. The molecule has 0 aliphatic heterocycles. The normalized spacial score (nSPS) is 11.3. The first-order chi connectivity index (χ1) is 10.4. The number of nitrogens with two attached hydrogens (primary N) is 4. The van der Waals surface area contributed by atoms with Crippen LogP contribution in [0.5, 0.6) is 5.88 Å². The largest absolute Gasteiger partial charge is 0.574 e. The molecule has 0 unspecified atom stereocenters. The molecular weight excluding hydrogens is 317 g/mol. The Balaban J connectivity index is 0.000000238. The van der Waals surface area contributed by atoms with Gasteiger partial charge in [0.25, 0.3) is 5.88 Å². The van der Waals surface area contributed by atoms with Crippen molar-refractivity contribution in [2.75, 3.05) is 22.9 Å². The molecule has 0 atom stereocenters. The number of H-pyrrole nitrogens is 1. The van der Waals surface area contributed by atoms with Crippen LogP contribution >= 0.6 is 0 Å². The van der Waals surface area contributed by atoms with E-state index in [4.69, 9.17) is 22.9 Å². The quantitative estimate of drug-likeness (QED) is 0.550. The summed E-state index contributed by atoms with van der Waals surface area (Å²) in [5.74, 6) is -0.0102. The van der Waals surface area contributed by atoms with Gasteiger partial charge in [0.15, 0.2) is 0 Å². The summed E-state index contributed by atoms with van der Waals surface area (Å²) in [7, 11) is 1.36. The number of halogens is 3. The van der Waals surface area contributed by atoms with Crippen LogP contribution in [0.25, 0.3) is 0 Å². The van der Waals surface area contributed by atoms with Crippen molar-refractivity contribution in [3.05, 3.63) is 5.69 Å². The van der Waals surface area contributed by atoms with Gasteiger partial charge in [0, 0.05) is 7.05 Å². The molecule has 0 bridgehead atoms. The number of nitrogens with one attached hydrogen (secondary N) is 1. The SMILES string of the molecule is CC(C)c1n[nH]c(N)c1N.Cn1nc(OC(F)(F)F)c(N)c1N. The van der Waals surface area contributed by atoms with Crippen molar-refractivity contribution in [3.63, 3.8) is 0 Å². The van der Waals surface area contributed by atoms with Gasteiger partial charge in [-0.15, -0.1) is 18.3 Å². The van der Waals surface area contributed by atoms with E-state index in [1.165, 1.54) is 7.05 Å². The van der Waals surface area contributed by atoms with Crippen molar-refractivity contribution in [2.24, 2.45) is 7.05 Å². The number of aryl methyl sites for hydroxylation is 1. The maximum atomic E-state index is 11.7. The second-order valence-electron chi connectivity index (χ2n) is 4.87. The number of anilines is 4. The number of rotatable bonds is 2. The average Bonchev–Trinajstić information content (AvgIpc) is 2.85. The lowest BCUT2D eigenvalue weighted by Gasteiger charge is -2.05. The fraction of sp³-hybridized carbons (Fsp3) is 0.455. The minimum Gasteiger partial charge on any atom is -0.394 e. The molecule has 2 aromatic rings. The Bertz CT molecular complexity index is 661. The van der Waals surface area contributed by atoms with Crippen molar-refractivity contribution in [1.82, 2.24) is 20.0 Å². The van der Waals surface area contributed by atoms with Gasteiger partial charge in [-0.2, -0.15) is 5.10 Å². The van der Waals surface area contributed by atoms with E-state index in [-0.39, 0.29) is 11.5 Å². The van der Waals surface area contributed by atoms with E-state index in [0.29, 0.717) is 17.4 Å². The topological polar surface area (TPSA) is 160 Å². The van der Waals surface area contributed by atoms with Crippen LogP contribution in [0.3, 0.4) is 0 Å². The number of nitrogens with zero attached hydrogens (tertiary/aromatic N) is 3. The highest BCUT2D eigenvalue weighted by molar-refractivity contribution is 5.65. The summed E-state index contributed by atoms with van der Waals surface area (Å²) in [5.41, 5.74) is 22.6. The molecule has 2 rings (SSSR count). The Labute approximate surface area is 129 Å². The first-order valence-electron chi connectivity index (χ1n) is 6.36. The van der Waals surface area contributed by atoms with E-state index in [2.05, 4.69) is 20.0 Å². The van der Waals surface area contributed by atoms with Gasteiger partial charge in [-0.25, -0.2) is 4.68 Å². The Hall–Kier alpha value is -2.79. The first-order valence-corrected chi connectivity index (χ1v) is 6.36. The van der Waals surface area contributed by atoms with Crippen molar-refractivity contribution in [2.45, 2.75) is 26.1 Å². The number of ether oxygens (including phenoxy) is 1. The maximum Gasteiger partial charge on any atom is 0.574 e. The minimum atomic E-state index is -4.81. The van der Waals surface area contributed by atoms with E-state index < -0.39 is 12.2 Å². The van der Waals surface area contributed by atoms with Gasteiger partial charge in [-0.05, 0) is 5.92 Å². The number of hydrogen-bond donors (Lipinski definition) is 5. The van der Waals surface area contributed by atoms with E-state index in [9.17, 15) is 13.2 Å². The molecule has 0 aliphatic carbocycles. The smallest absolute Gasteiger partial charge is 0.394 e. The number of aromatic amines is 1. The van der Waals surface area contributed by atoms with Crippen LogP contribution < -0.4 is 27.7 Å². The summed E-state index contributed by atoms with van der Waals surface area (Å²) in [6.45, 7) is 4.04. The zero-order chi connectivity index (χ0) is 17.9. The third-order valence-electron chi connectivity index (χ3n) is 2.72. The molecule has 9 nitrogen and oxygen atoms in total. The number of nitrogen functional groups attached to an aromatic ring is 4. The predicted molar refractivity (Wildman–Crippen MR) is 80.2 cm³/mol. The van der Waals surface area contributed by atoms with Crippen molar-refractivity contribution in [1.29, 1.82) is 0 Å². The van der Waals surface area contributed by atoms with Gasteiger partial charge in [0.05, 0.1) is 11.4 Å². The fourth-order valence-electron chi connectivity index (χ4n) is 1.53. The van der Waals surface area contributed by atoms with Crippen LogP contribution in [-0.2, 0) is 7.05 Å². The molecular formula is C11H19F3N8O. The highest BCUT2D eigenvalue weighted by Gasteiger charge is 2.34. The Morgan fingerprint density at radius 1 is 1.13 bits per heavy atom. The van der Waals surface area contributed by atoms with Crippen molar-refractivity contribution >= 4 is 23.0 Å². The van der Waals surface area contributed by atoms with Gasteiger partial charge in [-0.1, -0.05) is 13.8 Å². The molecule has 23 heavy (non-hydrogen) atoms. The average molecular weight is 336 g/mol. The van der Waals surface area contributed by atoms with Gasteiger partial charge in [-0.3, -0.25) is 5.10 Å². The van der Waals surface area contributed by atoms with Crippen LogP contribution in [0.2, 0.25) is 0 Å². The number of hydrogen-bond acceptors (Lipinski definition) is 7. The molecule has 12 heteroatoms. The summed E-state index contributed by atoms with van der Waals surface area (Å²) < 4.78 is 39.6. The second-order valence-corrected chi connectivity index (χ2v) is 4.87. The van der Waals surface area contributed by atoms with Crippen molar-refractivity contribution < 1.29 is 17.9 Å². The number of alkyl halides is 3. The van der Waals surface area contributed by atoms with Gasteiger partial charge in [0.1, 0.15) is 17.3 Å². The molecule has 0 aliphatic rings. The van der Waals surface area contributed by atoms with E-state index in [0.717, 1.165) is 10.4 Å². The molecule has 0 saturated carbocycles. The lowest BCUT2D eigenvalue weighted by molar-refractivity contribution is -0.276. The Kier molecular flexibility index (Phi) is 5.19. The van der Waals surface area contributed by atoms with Crippen LogP contribution in [0.4, 0.5) is 36.2 Å². The lowest BCUT2D eigenvalue weighted by atomic mass is 10.1. The van der Waals surface area contributed by atoms with Gasteiger partial charge < -0.3 is 27.7 Å². The minimum absolute atomic E-state index is 0.0701. The highest BCUT2D eigenvalue weighted by Crippen LogP contribution is 2.30. The Morgan fingerprint density at radius 3 is 1.96 bits per heavy atom. The van der Waals surface area contributed by atoms with Crippen LogP contribution in [0.15, 0.2) is 0 Å². The zero-order valence-corrected chi connectivity index (χ0v) is 12.8. The molecule has 0 amide bonds. The molecule has 0 saturated heterocycles. The van der Waals surface area contributed by atoms with E-state index in [1.54, 1.807) is 0 Å². The van der Waals surface area contributed by atoms with Crippen molar-refractivity contribution in [3.8, 4) is 5.88 Å². The molecule has 0 fully saturated rings. The summed E-state index contributed by atoms with van der Waals surface area (Å²) in [5, 5.41) is 9.88. The van der Waals surface area contributed by atoms with Gasteiger partial charge >= 0.3 is 6.36 Å². The summed E-state index contributed by atoms with van der Waals surface area (Å²) in [6, 6.07) is 0. The Morgan fingerprint density at radius 2 is 1.70 bits per heavy atom. The molecule has 9 N–H and O–H groups in total. The van der Waals surface area contributed by atoms with E-state index in [1.807, 2.05) is 13.8 Å². The summed E-state index contributed by atoms with van der Waals surface area (Å²) >= 11 is 0. The van der Waals surface area contributed by atoms with Gasteiger partial charge in [0.2, 0.25) is 0 Å². The first kappa shape index (κ1) is 18.3. The standard InChI is InChI=1S/C6H12N4.C5H7F3N4O/c1-3(2)5-4(7)6(8)10-9-5;1-12-3(10)2(9)4(11-12)13-5(6,7)8/h3H,7H2,1-2H3,(H3,8,9,10);9-10H2,1H3. The van der Waals surface area contributed by atoms with Crippen LogP contribution in [-0.4, -0.2) is 26.3 Å². The molecule has 2 aromatic heterocycles. The zero-order valence-electron chi connectivity index (χ0n) is 12.8. The molecule has 2 heterocycles. The predicted octanol–water partition coefficient (Wildman–Crippen LogP) is 1.18. The number of aromatic nitrogens is 4. The summed E-state index contributed by atoms with van der Waals surface area (Å²) in [4.78, 5) is 0. The highest BCUT2D eigenvalue weighted by atomic mass is 19.4. The lowest BCUT2D eigenvalue weighted by Crippen LogP contribution is -2.18. The fourth-order valence-corrected chi connectivity index (χ4v) is 1.53. The van der Waals surface area contributed by atoms with E-state index >= 15 is 0 Å². The van der Waals surface area contributed by atoms with Crippen LogP contribution in [0.1, 0.15) is 25.5 Å². The molecule has 0 radical (unpaired) electrons. The molecule has 0 aromatic carbocycles. The molecule has 0 spiro atoms. The molecule has 130 valence electrons. The van der Waals surface area contributed by atoms with Crippen LogP contribution in [0, 0.1) is 0 Å². The third kappa shape index (κ3) is 4.59.